The summed E-state index contributed by atoms with van der Waals surface area (Å²) in [7, 11) is 1.83. The first kappa shape index (κ1) is 21.8. The van der Waals surface area contributed by atoms with Crippen LogP contribution in [-0.4, -0.2) is 48.6 Å². The van der Waals surface area contributed by atoms with Gasteiger partial charge in [0, 0.05) is 6.54 Å². The number of para-hydroxylation sites is 1. The van der Waals surface area contributed by atoms with Crippen LogP contribution in [0.5, 0.6) is 5.75 Å². The monoisotopic (exact) mass is 413 g/mol. The molecule has 30 heavy (non-hydrogen) atoms. The maximum absolute atomic E-state index is 13.4. The highest BCUT2D eigenvalue weighted by Crippen LogP contribution is 2.34. The fourth-order valence-electron chi connectivity index (χ4n) is 3.59. The molecule has 2 aromatic carbocycles. The Labute approximate surface area is 176 Å². The van der Waals surface area contributed by atoms with Crippen LogP contribution in [0.15, 0.2) is 54.6 Å². The lowest BCUT2D eigenvalue weighted by Gasteiger charge is -2.28. The Hall–Kier alpha value is -2.93. The molecule has 1 atom stereocenters. The molecule has 0 aromatic heterocycles. The van der Waals surface area contributed by atoms with Gasteiger partial charge in [0.05, 0.1) is 6.67 Å². The standard InChI is InChI=1S/C23H28FN3O3/c1-3-4-14-23(18-10-12-19(24)13-11-18)21(28)27(22(29)25-23)17-26(2)15-16-30-20-8-6-5-7-9-20/h5-13H,3-4,14-17H2,1-2H3,(H,25,29). The number of amides is 3. The van der Waals surface area contributed by atoms with E-state index in [1.54, 1.807) is 12.1 Å². The summed E-state index contributed by atoms with van der Waals surface area (Å²) in [6.45, 7) is 3.16. The van der Waals surface area contributed by atoms with Gasteiger partial charge < -0.3 is 10.1 Å². The van der Waals surface area contributed by atoms with Gasteiger partial charge in [0.2, 0.25) is 0 Å². The van der Waals surface area contributed by atoms with Crippen LogP contribution in [0.2, 0.25) is 0 Å². The lowest BCUT2D eigenvalue weighted by Crippen LogP contribution is -2.45. The largest absolute Gasteiger partial charge is 0.492 e. The summed E-state index contributed by atoms with van der Waals surface area (Å²) < 4.78 is 19.1. The van der Waals surface area contributed by atoms with E-state index in [1.165, 1.54) is 17.0 Å². The van der Waals surface area contributed by atoms with Crippen LogP contribution < -0.4 is 10.1 Å². The number of hydrogen-bond acceptors (Lipinski definition) is 4. The third kappa shape index (κ3) is 4.79. The summed E-state index contributed by atoms with van der Waals surface area (Å²) in [4.78, 5) is 29.1. The molecule has 2 aromatic rings. The Morgan fingerprint density at radius 1 is 1.10 bits per heavy atom. The van der Waals surface area contributed by atoms with Crippen LogP contribution in [-0.2, 0) is 10.3 Å². The van der Waals surface area contributed by atoms with Gasteiger partial charge >= 0.3 is 6.03 Å². The average molecular weight is 413 g/mol. The number of hydrogen-bond donors (Lipinski definition) is 1. The fraction of sp³-hybridized carbons (Fsp3) is 0.391. The summed E-state index contributed by atoms with van der Waals surface area (Å²) in [5, 5.41) is 2.88. The molecule has 7 heteroatoms. The molecule has 1 saturated heterocycles. The molecule has 1 unspecified atom stereocenters. The maximum Gasteiger partial charge on any atom is 0.326 e. The third-order valence-electron chi connectivity index (χ3n) is 5.29. The van der Waals surface area contributed by atoms with Crippen molar-refractivity contribution in [1.29, 1.82) is 0 Å². The first-order valence-electron chi connectivity index (χ1n) is 10.2. The first-order chi connectivity index (χ1) is 14.5. The lowest BCUT2D eigenvalue weighted by atomic mass is 9.85. The number of unbranched alkanes of at least 4 members (excludes halogenated alkanes) is 1. The first-order valence-corrected chi connectivity index (χ1v) is 10.2. The highest BCUT2D eigenvalue weighted by molar-refractivity contribution is 6.07. The van der Waals surface area contributed by atoms with E-state index in [2.05, 4.69) is 5.32 Å². The highest BCUT2D eigenvalue weighted by atomic mass is 19.1. The van der Waals surface area contributed by atoms with Gasteiger partial charge in [-0.3, -0.25) is 9.69 Å². The van der Waals surface area contributed by atoms with Crippen LogP contribution in [0.4, 0.5) is 9.18 Å². The predicted molar refractivity (Wildman–Crippen MR) is 112 cm³/mol. The van der Waals surface area contributed by atoms with E-state index in [9.17, 15) is 14.0 Å². The molecule has 1 aliphatic rings. The van der Waals surface area contributed by atoms with Crippen LogP contribution >= 0.6 is 0 Å². The minimum absolute atomic E-state index is 0.151. The van der Waals surface area contributed by atoms with Gasteiger partial charge in [-0.1, -0.05) is 50.1 Å². The summed E-state index contributed by atoms with van der Waals surface area (Å²) in [6.07, 6.45) is 2.11. The van der Waals surface area contributed by atoms with Crippen molar-refractivity contribution in [3.05, 3.63) is 66.0 Å². The predicted octanol–water partition coefficient (Wildman–Crippen LogP) is 3.73. The second kappa shape index (κ2) is 9.71. The zero-order valence-corrected chi connectivity index (χ0v) is 17.4. The number of rotatable bonds is 10. The van der Waals surface area contributed by atoms with Crippen LogP contribution in [0, 0.1) is 5.82 Å². The summed E-state index contributed by atoms with van der Waals surface area (Å²) in [6, 6.07) is 14.8. The SMILES string of the molecule is CCCCC1(c2ccc(F)cc2)NC(=O)N(CN(C)CCOc2ccccc2)C1=O. The van der Waals surface area contributed by atoms with Gasteiger partial charge in [0.1, 0.15) is 23.7 Å². The van der Waals surface area contributed by atoms with Crippen LogP contribution in [0.25, 0.3) is 0 Å². The number of carbonyl (C=O) groups excluding carboxylic acids is 2. The molecule has 160 valence electrons. The van der Waals surface area contributed by atoms with Gasteiger partial charge in [0.25, 0.3) is 5.91 Å². The molecule has 0 radical (unpaired) electrons. The van der Waals surface area contributed by atoms with Crippen molar-refractivity contribution in [3.63, 3.8) is 0 Å². The van der Waals surface area contributed by atoms with Gasteiger partial charge in [-0.25, -0.2) is 14.1 Å². The van der Waals surface area contributed by atoms with E-state index in [-0.39, 0.29) is 18.4 Å². The van der Waals surface area contributed by atoms with Crippen molar-refractivity contribution >= 4 is 11.9 Å². The number of benzene rings is 2. The number of ether oxygens (including phenoxy) is 1. The molecule has 3 amide bonds. The zero-order chi connectivity index (χ0) is 21.6. The second-order valence-electron chi connectivity index (χ2n) is 7.56. The smallest absolute Gasteiger partial charge is 0.326 e. The lowest BCUT2D eigenvalue weighted by molar-refractivity contribution is -0.133. The fourth-order valence-corrected chi connectivity index (χ4v) is 3.59. The molecule has 0 aliphatic carbocycles. The van der Waals surface area contributed by atoms with E-state index in [0.29, 0.717) is 25.1 Å². The van der Waals surface area contributed by atoms with Gasteiger partial charge in [-0.15, -0.1) is 0 Å². The average Bonchev–Trinajstić information content (AvgIpc) is 2.98. The molecule has 1 N–H and O–H groups in total. The Balaban J connectivity index is 1.67. The van der Waals surface area contributed by atoms with Crippen molar-refractivity contribution in [3.8, 4) is 5.75 Å². The molecular formula is C23H28FN3O3. The third-order valence-corrected chi connectivity index (χ3v) is 5.29. The van der Waals surface area contributed by atoms with Gasteiger partial charge in [-0.2, -0.15) is 0 Å². The number of urea groups is 1. The Bertz CT molecular complexity index is 860. The van der Waals surface area contributed by atoms with Gasteiger partial charge in [0.15, 0.2) is 0 Å². The topological polar surface area (TPSA) is 61.9 Å². The Morgan fingerprint density at radius 3 is 2.47 bits per heavy atom. The highest BCUT2D eigenvalue weighted by Gasteiger charge is 2.51. The molecule has 0 spiro atoms. The minimum Gasteiger partial charge on any atom is -0.492 e. The van der Waals surface area contributed by atoms with Gasteiger partial charge in [-0.05, 0) is 43.3 Å². The maximum atomic E-state index is 13.4. The van der Waals surface area contributed by atoms with Crippen molar-refractivity contribution in [2.24, 2.45) is 0 Å². The molecule has 1 heterocycles. The summed E-state index contributed by atoms with van der Waals surface area (Å²) >= 11 is 0. The number of nitrogens with one attached hydrogen (secondary N) is 1. The van der Waals surface area contributed by atoms with Crippen molar-refractivity contribution in [2.45, 2.75) is 31.7 Å². The number of nitrogens with zero attached hydrogens (tertiary/aromatic N) is 2. The van der Waals surface area contributed by atoms with E-state index >= 15 is 0 Å². The number of likely N-dealkylation sites (N-methyl/N-ethyl adjacent to an activating group) is 1. The molecule has 6 nitrogen and oxygen atoms in total. The number of halogens is 1. The normalized spacial score (nSPS) is 18.7. The van der Waals surface area contributed by atoms with Crippen molar-refractivity contribution in [1.82, 2.24) is 15.1 Å². The number of imide groups is 1. The molecular weight excluding hydrogens is 385 g/mol. The molecule has 3 rings (SSSR count). The second-order valence-corrected chi connectivity index (χ2v) is 7.56. The van der Waals surface area contributed by atoms with E-state index in [4.69, 9.17) is 4.74 Å². The van der Waals surface area contributed by atoms with Crippen LogP contribution in [0.1, 0.15) is 31.7 Å². The molecule has 1 fully saturated rings. The van der Waals surface area contributed by atoms with E-state index in [1.807, 2.05) is 49.2 Å². The Morgan fingerprint density at radius 2 is 1.80 bits per heavy atom. The number of carbonyl (C=O) groups is 2. The summed E-state index contributed by atoms with van der Waals surface area (Å²) in [5.74, 6) is 0.0929. The molecule has 1 aliphatic heterocycles. The van der Waals surface area contributed by atoms with E-state index in [0.717, 1.165) is 18.6 Å². The van der Waals surface area contributed by atoms with E-state index < -0.39 is 11.6 Å². The van der Waals surface area contributed by atoms with Crippen molar-refractivity contribution < 1.29 is 18.7 Å². The minimum atomic E-state index is -1.15. The molecule has 0 bridgehead atoms. The van der Waals surface area contributed by atoms with Crippen LogP contribution in [0.3, 0.4) is 0 Å². The summed E-state index contributed by atoms with van der Waals surface area (Å²) in [5.41, 5.74) is -0.546. The zero-order valence-electron chi connectivity index (χ0n) is 17.4. The van der Waals surface area contributed by atoms with Crippen molar-refractivity contribution in [2.75, 3.05) is 26.9 Å². The molecule has 0 saturated carbocycles. The quantitative estimate of drug-likeness (QED) is 0.603. The Kier molecular flexibility index (Phi) is 7.05.